The van der Waals surface area contributed by atoms with Crippen LogP contribution in [0.2, 0.25) is 0 Å². The van der Waals surface area contributed by atoms with E-state index in [1.165, 1.54) is 20.8 Å². The van der Waals surface area contributed by atoms with E-state index in [1.54, 1.807) is 0 Å². The lowest BCUT2D eigenvalue weighted by atomic mass is 9.79. The Kier molecular flexibility index (Phi) is 46.3. The van der Waals surface area contributed by atoms with Gasteiger partial charge in [-0.05, 0) is 57.8 Å². The summed E-state index contributed by atoms with van der Waals surface area (Å²) in [6.07, 6.45) is -7.93. The van der Waals surface area contributed by atoms with E-state index in [9.17, 15) is 89.4 Å². The van der Waals surface area contributed by atoms with Crippen LogP contribution in [0.15, 0.2) is 0 Å². The van der Waals surface area contributed by atoms with Gasteiger partial charge in [0.2, 0.25) is 41.4 Å². The summed E-state index contributed by atoms with van der Waals surface area (Å²) in [5, 5.41) is 119. The second kappa shape index (κ2) is 52.0. The van der Waals surface area contributed by atoms with E-state index in [1.807, 2.05) is 0 Å². The van der Waals surface area contributed by atoms with Gasteiger partial charge < -0.3 is 145 Å². The number of rotatable bonds is 55. The molecule has 0 aromatic heterocycles. The summed E-state index contributed by atoms with van der Waals surface area (Å²) in [5.74, 6) is -6.83. The van der Waals surface area contributed by atoms with Crippen LogP contribution in [0.3, 0.4) is 0 Å². The molecule has 0 heterocycles. The van der Waals surface area contributed by atoms with Gasteiger partial charge >= 0.3 is 5.97 Å². The number of ether oxygens (including phenoxy) is 12. The second-order valence-electron chi connectivity index (χ2n) is 24.1. The lowest BCUT2D eigenvalue weighted by Crippen LogP contribution is -2.61. The van der Waals surface area contributed by atoms with E-state index in [4.69, 9.17) is 56.8 Å². The first kappa shape index (κ1) is 88.1. The first-order valence-electron chi connectivity index (χ1n) is 33.7. The van der Waals surface area contributed by atoms with E-state index in [0.717, 1.165) is 0 Å². The van der Waals surface area contributed by atoms with Crippen molar-refractivity contribution in [2.24, 2.45) is 17.8 Å². The third-order valence-electron chi connectivity index (χ3n) is 16.4. The van der Waals surface area contributed by atoms with Crippen LogP contribution in [0.4, 0.5) is 0 Å². The fourth-order valence-corrected chi connectivity index (χ4v) is 11.2. The zero-order valence-electron chi connectivity index (χ0n) is 57.0. The topological polar surface area (TPSA) is 534 Å². The number of aliphatic carboxylic acids is 1. The molecule has 17 atom stereocenters. The van der Waals surface area contributed by atoms with Gasteiger partial charge in [-0.25, -0.2) is 4.79 Å². The molecule has 17 N–H and O–H groups in total. The highest BCUT2D eigenvalue weighted by molar-refractivity contribution is 5.90. The van der Waals surface area contributed by atoms with Crippen molar-refractivity contribution < 1.29 is 146 Å². The Hall–Kier alpha value is -5.08. The largest absolute Gasteiger partial charge is 0.480 e. The van der Waals surface area contributed by atoms with Crippen LogP contribution in [0.1, 0.15) is 78.6 Å². The fraction of sp³-hybridized carbons (Fsp3) is 0.871. The lowest BCUT2D eigenvalue weighted by molar-refractivity contribution is -0.170. The molecule has 0 aliphatic heterocycles. The van der Waals surface area contributed by atoms with Gasteiger partial charge in [0.25, 0.3) is 0 Å². The molecule has 7 amide bonds. The Morgan fingerprint density at radius 2 is 0.687 bits per heavy atom. The molecule has 37 heteroatoms. The number of hydrogen-bond donors (Lipinski definition) is 17. The fourth-order valence-electron chi connectivity index (χ4n) is 11.2. The summed E-state index contributed by atoms with van der Waals surface area (Å²) in [5.41, 5.74) is 0. The summed E-state index contributed by atoms with van der Waals surface area (Å²) in [7, 11) is 0. The smallest absolute Gasteiger partial charge is 0.326 e. The standard InChI is InChI=1S/C62H111N7O30/c1-38(73)65-52-46(28-41(31-70)55(79)58(52)82)97-26-24-91-14-12-88-16-20-93-34-49(76)63-10-6-4-8-44(68-51(78)36-95-22-18-90-19-23-96-37-99-48-30-43(33-72)57(81)60(84)54(48)67-40(3)75)61(85)69-45(62(86)87)9-5-7-11-64-50(77)35-94-21-17-89-13-15-92-25-27-98-47-29-42(32-71)56(80)59(83)53(47)66-39(2)74/h41-48,52-60,70-72,79-84H,4-37H2,1-3H3,(H,63,76)(H,64,77)(H,65,73)(H,66,74)(H,67,75)(H,68,78)(H,69,85)(H,86,87)/t41-,42-,43-,44+,45+,46-,47-,48-,52?,53+,54+,55+,56+,57+,58-,59-,60-/m1/s1. The third-order valence-corrected chi connectivity index (χ3v) is 16.4. The molecular formula is C62H111N7O30. The first-order valence-corrected chi connectivity index (χ1v) is 33.7. The molecule has 3 aliphatic rings. The van der Waals surface area contributed by atoms with Gasteiger partial charge in [-0.15, -0.1) is 0 Å². The van der Waals surface area contributed by atoms with Crippen molar-refractivity contribution in [1.29, 1.82) is 0 Å². The van der Waals surface area contributed by atoms with Crippen LogP contribution in [0.5, 0.6) is 0 Å². The molecule has 574 valence electrons. The molecule has 0 aromatic rings. The minimum absolute atomic E-state index is 0.0204. The van der Waals surface area contributed by atoms with E-state index < -0.39 is 163 Å². The zero-order chi connectivity index (χ0) is 72.9. The minimum atomic E-state index is -1.38. The number of aliphatic hydroxyl groups is 9. The van der Waals surface area contributed by atoms with Crippen molar-refractivity contribution >= 4 is 47.3 Å². The number of hydrogen-bond acceptors (Lipinski definition) is 29. The quantitative estimate of drug-likeness (QED) is 0.0199. The van der Waals surface area contributed by atoms with Crippen LogP contribution >= 0.6 is 0 Å². The Labute approximate surface area is 575 Å². The molecule has 0 spiro atoms. The average molecular weight is 1430 g/mol. The Bertz CT molecular complexity index is 2290. The molecule has 0 bridgehead atoms. The van der Waals surface area contributed by atoms with Crippen LogP contribution in [0, 0.1) is 17.8 Å². The minimum Gasteiger partial charge on any atom is -0.480 e. The normalized spacial score (nSPS) is 26.0. The number of amides is 7. The maximum absolute atomic E-state index is 13.6. The number of carbonyl (C=O) groups is 8. The molecular weight excluding hydrogens is 1320 g/mol. The third kappa shape index (κ3) is 36.1. The van der Waals surface area contributed by atoms with Crippen molar-refractivity contribution in [2.45, 2.75) is 164 Å². The van der Waals surface area contributed by atoms with Gasteiger partial charge in [0.05, 0.1) is 160 Å². The maximum atomic E-state index is 13.6. The van der Waals surface area contributed by atoms with Gasteiger partial charge in [0.15, 0.2) is 0 Å². The predicted octanol–water partition coefficient (Wildman–Crippen LogP) is -7.41. The van der Waals surface area contributed by atoms with E-state index in [2.05, 4.69) is 37.2 Å². The zero-order valence-corrected chi connectivity index (χ0v) is 57.0. The molecule has 3 rings (SSSR count). The Balaban J connectivity index is 1.34. The average Bonchev–Trinajstić information content (AvgIpc) is 0.825. The SMILES string of the molecule is CC(=O)NC1[C@@H](O)[C@@H](O)[C@@H](CO)C[C@H]1OCCOCCOCCOCC(=O)NCCCC[C@H](NC(=O)COCCOCCOCO[C@@H]1C[C@H](CO)[C@H](O)[C@H](O)[C@H]1NC(C)=O)C(=O)N[C@@H](CCCCNC(=O)COCCOCCOCCO[C@@H]1C[C@H](CO)[C@H](O)[C@H](O)[C@H]1NC(C)=O)C(=O)O. The number of carboxylic acids is 1. The molecule has 1 unspecified atom stereocenters. The van der Waals surface area contributed by atoms with Crippen LogP contribution in [-0.2, 0) is 95.2 Å². The molecule has 0 radical (unpaired) electrons. The summed E-state index contributed by atoms with van der Waals surface area (Å²) in [4.78, 5) is 99.0. The molecule has 0 saturated heterocycles. The molecule has 99 heavy (non-hydrogen) atoms. The summed E-state index contributed by atoms with van der Waals surface area (Å²) in [6.45, 7) is 3.73. The number of carboxylic acid groups (broad SMARTS) is 1. The van der Waals surface area contributed by atoms with E-state index >= 15 is 0 Å². The summed E-state index contributed by atoms with van der Waals surface area (Å²) >= 11 is 0. The molecule has 3 saturated carbocycles. The summed E-state index contributed by atoms with van der Waals surface area (Å²) in [6, 6.07) is -5.23. The Morgan fingerprint density at radius 3 is 1.03 bits per heavy atom. The van der Waals surface area contributed by atoms with E-state index in [0.29, 0.717) is 19.3 Å². The number of unbranched alkanes of at least 4 members (excludes halogenated alkanes) is 2. The van der Waals surface area contributed by atoms with E-state index in [-0.39, 0.29) is 191 Å². The Morgan fingerprint density at radius 1 is 0.374 bits per heavy atom. The van der Waals surface area contributed by atoms with Crippen molar-refractivity contribution in [3.63, 3.8) is 0 Å². The number of carbonyl (C=O) groups excluding carboxylic acids is 7. The van der Waals surface area contributed by atoms with Crippen molar-refractivity contribution in [3.05, 3.63) is 0 Å². The van der Waals surface area contributed by atoms with Crippen molar-refractivity contribution in [3.8, 4) is 0 Å². The molecule has 3 aliphatic carbocycles. The predicted molar refractivity (Wildman–Crippen MR) is 341 cm³/mol. The van der Waals surface area contributed by atoms with Gasteiger partial charge in [-0.2, -0.15) is 0 Å². The van der Waals surface area contributed by atoms with Gasteiger partial charge in [0.1, 0.15) is 57.0 Å². The lowest BCUT2D eigenvalue weighted by Gasteiger charge is -2.42. The van der Waals surface area contributed by atoms with Gasteiger partial charge in [0, 0.05) is 71.4 Å². The number of aliphatic hydroxyl groups excluding tert-OH is 9. The second-order valence-corrected chi connectivity index (χ2v) is 24.1. The highest BCUT2D eigenvalue weighted by Gasteiger charge is 2.47. The van der Waals surface area contributed by atoms with Crippen molar-refractivity contribution in [1.82, 2.24) is 37.2 Å². The molecule has 37 nitrogen and oxygen atoms in total. The van der Waals surface area contributed by atoms with Crippen LogP contribution < -0.4 is 37.2 Å². The first-order chi connectivity index (χ1) is 47.5. The monoisotopic (exact) mass is 1430 g/mol. The molecule has 3 fully saturated rings. The highest BCUT2D eigenvalue weighted by atomic mass is 16.7. The van der Waals surface area contributed by atoms with Gasteiger partial charge in [-0.3, -0.25) is 33.6 Å². The van der Waals surface area contributed by atoms with Crippen LogP contribution in [-0.4, -0.2) is 349 Å². The van der Waals surface area contributed by atoms with Crippen LogP contribution in [0.25, 0.3) is 0 Å². The van der Waals surface area contributed by atoms with Crippen molar-refractivity contribution in [2.75, 3.05) is 165 Å². The number of nitrogens with one attached hydrogen (secondary N) is 7. The maximum Gasteiger partial charge on any atom is 0.326 e. The van der Waals surface area contributed by atoms with Gasteiger partial charge in [-0.1, -0.05) is 0 Å². The highest BCUT2D eigenvalue weighted by Crippen LogP contribution is 2.30. The summed E-state index contributed by atoms with van der Waals surface area (Å²) < 4.78 is 66.4. The molecule has 0 aromatic carbocycles.